The highest BCUT2D eigenvalue weighted by Gasteiger charge is 1.91. The molecule has 2 rings (SSSR count). The Morgan fingerprint density at radius 3 is 2.71 bits per heavy atom. The highest BCUT2D eigenvalue weighted by molar-refractivity contribution is 5.81. The number of nitrogens with one attached hydrogen (secondary N) is 1. The standard InChI is InChI=1S/C11H11N3/c1-9-12-8-11(14-9)13-7-10-5-3-2-4-6-10/h2-8H,1H3,(H,12,14)/b13-7+. The van der Waals surface area contributed by atoms with E-state index in [2.05, 4.69) is 15.0 Å². The van der Waals surface area contributed by atoms with Crippen molar-refractivity contribution in [1.29, 1.82) is 0 Å². The summed E-state index contributed by atoms with van der Waals surface area (Å²) in [5.74, 6) is 1.66. The maximum Gasteiger partial charge on any atom is 0.149 e. The van der Waals surface area contributed by atoms with Crippen LogP contribution in [0.4, 0.5) is 5.82 Å². The number of H-pyrrole nitrogens is 1. The van der Waals surface area contributed by atoms with Gasteiger partial charge in [0.1, 0.15) is 11.6 Å². The van der Waals surface area contributed by atoms with E-state index in [4.69, 9.17) is 0 Å². The molecule has 0 amide bonds. The summed E-state index contributed by atoms with van der Waals surface area (Å²) >= 11 is 0. The third kappa shape index (κ3) is 2.07. The van der Waals surface area contributed by atoms with E-state index >= 15 is 0 Å². The van der Waals surface area contributed by atoms with Gasteiger partial charge in [-0.1, -0.05) is 30.3 Å². The van der Waals surface area contributed by atoms with Gasteiger partial charge in [0.05, 0.1) is 6.20 Å². The molecule has 0 saturated heterocycles. The monoisotopic (exact) mass is 185 g/mol. The fraction of sp³-hybridized carbons (Fsp3) is 0.0909. The quantitative estimate of drug-likeness (QED) is 0.717. The molecule has 0 aliphatic carbocycles. The van der Waals surface area contributed by atoms with Gasteiger partial charge in [-0.15, -0.1) is 0 Å². The summed E-state index contributed by atoms with van der Waals surface area (Å²) in [6.45, 7) is 1.90. The topological polar surface area (TPSA) is 41.0 Å². The fourth-order valence-corrected chi connectivity index (χ4v) is 1.16. The minimum absolute atomic E-state index is 0.784. The van der Waals surface area contributed by atoms with Crippen LogP contribution in [0.25, 0.3) is 0 Å². The van der Waals surface area contributed by atoms with Crippen molar-refractivity contribution in [1.82, 2.24) is 9.97 Å². The van der Waals surface area contributed by atoms with Crippen molar-refractivity contribution >= 4 is 12.0 Å². The lowest BCUT2D eigenvalue weighted by molar-refractivity contribution is 1.15. The third-order valence-electron chi connectivity index (χ3n) is 1.84. The first-order valence-electron chi connectivity index (χ1n) is 4.45. The predicted molar refractivity (Wildman–Crippen MR) is 57.0 cm³/mol. The van der Waals surface area contributed by atoms with E-state index in [0.29, 0.717) is 0 Å². The van der Waals surface area contributed by atoms with Crippen LogP contribution in [0.2, 0.25) is 0 Å². The summed E-state index contributed by atoms with van der Waals surface area (Å²) in [6, 6.07) is 9.97. The van der Waals surface area contributed by atoms with E-state index in [1.807, 2.05) is 43.5 Å². The van der Waals surface area contributed by atoms with Gasteiger partial charge in [0.15, 0.2) is 0 Å². The first kappa shape index (κ1) is 8.69. The summed E-state index contributed by atoms with van der Waals surface area (Å²) in [6.07, 6.45) is 3.53. The van der Waals surface area contributed by atoms with Crippen LogP contribution in [0.15, 0.2) is 41.5 Å². The van der Waals surface area contributed by atoms with Crippen LogP contribution in [0.5, 0.6) is 0 Å². The number of hydrogen-bond donors (Lipinski definition) is 1. The number of aromatic nitrogens is 2. The second-order valence-corrected chi connectivity index (χ2v) is 3.02. The molecule has 3 heteroatoms. The fourth-order valence-electron chi connectivity index (χ4n) is 1.16. The average molecular weight is 185 g/mol. The van der Waals surface area contributed by atoms with Crippen molar-refractivity contribution in [2.24, 2.45) is 4.99 Å². The number of rotatable bonds is 2. The van der Waals surface area contributed by atoms with Crippen LogP contribution < -0.4 is 0 Å². The normalized spacial score (nSPS) is 10.9. The molecule has 2 aromatic rings. The molecular weight excluding hydrogens is 174 g/mol. The Balaban J connectivity index is 2.15. The van der Waals surface area contributed by atoms with Gasteiger partial charge in [0, 0.05) is 6.21 Å². The summed E-state index contributed by atoms with van der Waals surface area (Å²) in [4.78, 5) is 11.4. The van der Waals surface area contributed by atoms with Crippen LogP contribution in [-0.2, 0) is 0 Å². The molecule has 1 N–H and O–H groups in total. The zero-order valence-electron chi connectivity index (χ0n) is 7.94. The van der Waals surface area contributed by atoms with Crippen molar-refractivity contribution in [3.05, 3.63) is 47.9 Å². The zero-order chi connectivity index (χ0) is 9.80. The summed E-state index contributed by atoms with van der Waals surface area (Å²) in [5.41, 5.74) is 1.08. The van der Waals surface area contributed by atoms with Crippen LogP contribution in [0.1, 0.15) is 11.4 Å². The molecule has 70 valence electrons. The highest BCUT2D eigenvalue weighted by Crippen LogP contribution is 2.06. The second kappa shape index (κ2) is 3.87. The lowest BCUT2D eigenvalue weighted by Gasteiger charge is -1.89. The Labute approximate surface area is 82.5 Å². The van der Waals surface area contributed by atoms with Gasteiger partial charge in [0.2, 0.25) is 0 Å². The van der Waals surface area contributed by atoms with Crippen LogP contribution in [-0.4, -0.2) is 16.2 Å². The molecular formula is C11H11N3. The Bertz CT molecular complexity index is 429. The molecule has 3 nitrogen and oxygen atoms in total. The molecule has 0 bridgehead atoms. The molecule has 0 fully saturated rings. The lowest BCUT2D eigenvalue weighted by atomic mass is 10.2. The van der Waals surface area contributed by atoms with Crippen molar-refractivity contribution in [2.45, 2.75) is 6.92 Å². The Morgan fingerprint density at radius 1 is 1.29 bits per heavy atom. The lowest BCUT2D eigenvalue weighted by Crippen LogP contribution is -1.77. The minimum Gasteiger partial charge on any atom is -0.327 e. The predicted octanol–water partition coefficient (Wildman–Crippen LogP) is 2.47. The van der Waals surface area contributed by atoms with Gasteiger partial charge in [0.25, 0.3) is 0 Å². The van der Waals surface area contributed by atoms with E-state index in [1.165, 1.54) is 0 Å². The molecule has 0 radical (unpaired) electrons. The maximum atomic E-state index is 4.25. The number of nitrogens with zero attached hydrogens (tertiary/aromatic N) is 2. The van der Waals surface area contributed by atoms with Gasteiger partial charge >= 0.3 is 0 Å². The average Bonchev–Trinajstić information content (AvgIpc) is 2.63. The summed E-state index contributed by atoms with van der Waals surface area (Å²) in [5, 5.41) is 0. The van der Waals surface area contributed by atoms with E-state index in [9.17, 15) is 0 Å². The minimum atomic E-state index is 0.784. The van der Waals surface area contributed by atoms with E-state index in [0.717, 1.165) is 17.2 Å². The molecule has 0 unspecified atom stereocenters. The van der Waals surface area contributed by atoms with Gasteiger partial charge in [-0.2, -0.15) is 0 Å². The number of aryl methyl sites for hydroxylation is 1. The number of aliphatic imine (C=N–C) groups is 1. The molecule has 0 aliphatic heterocycles. The Kier molecular flexibility index (Phi) is 2.40. The van der Waals surface area contributed by atoms with Crippen LogP contribution in [0, 0.1) is 6.92 Å². The molecule has 0 saturated carbocycles. The zero-order valence-corrected chi connectivity index (χ0v) is 7.94. The van der Waals surface area contributed by atoms with Crippen molar-refractivity contribution < 1.29 is 0 Å². The first-order chi connectivity index (χ1) is 6.84. The molecule has 0 atom stereocenters. The molecule has 14 heavy (non-hydrogen) atoms. The van der Waals surface area contributed by atoms with Gasteiger partial charge in [-0.3, -0.25) is 0 Å². The molecule has 0 spiro atoms. The highest BCUT2D eigenvalue weighted by atomic mass is 15.0. The largest absolute Gasteiger partial charge is 0.327 e. The second-order valence-electron chi connectivity index (χ2n) is 3.02. The maximum absolute atomic E-state index is 4.25. The van der Waals surface area contributed by atoms with Gasteiger partial charge in [-0.25, -0.2) is 9.98 Å². The third-order valence-corrected chi connectivity index (χ3v) is 1.84. The summed E-state index contributed by atoms with van der Waals surface area (Å²) in [7, 11) is 0. The van der Waals surface area contributed by atoms with Crippen molar-refractivity contribution in [3.63, 3.8) is 0 Å². The molecule has 0 aliphatic rings. The SMILES string of the molecule is Cc1ncc(/N=C/c2ccccc2)[nH]1. The van der Waals surface area contributed by atoms with E-state index < -0.39 is 0 Å². The number of imidazole rings is 1. The van der Waals surface area contributed by atoms with E-state index in [-0.39, 0.29) is 0 Å². The van der Waals surface area contributed by atoms with Crippen LogP contribution >= 0.6 is 0 Å². The van der Waals surface area contributed by atoms with E-state index in [1.54, 1.807) is 6.20 Å². The first-order valence-corrected chi connectivity index (χ1v) is 4.45. The number of aromatic amines is 1. The molecule has 1 aromatic carbocycles. The van der Waals surface area contributed by atoms with Gasteiger partial charge < -0.3 is 4.98 Å². The Morgan fingerprint density at radius 2 is 2.07 bits per heavy atom. The van der Waals surface area contributed by atoms with Crippen LogP contribution in [0.3, 0.4) is 0 Å². The van der Waals surface area contributed by atoms with Crippen molar-refractivity contribution in [2.75, 3.05) is 0 Å². The smallest absolute Gasteiger partial charge is 0.149 e. The number of benzene rings is 1. The van der Waals surface area contributed by atoms with Gasteiger partial charge in [-0.05, 0) is 12.5 Å². The summed E-state index contributed by atoms with van der Waals surface area (Å²) < 4.78 is 0. The Hall–Kier alpha value is -1.90. The molecule has 1 heterocycles. The molecule has 1 aromatic heterocycles. The number of hydrogen-bond acceptors (Lipinski definition) is 2. The van der Waals surface area contributed by atoms with Crippen molar-refractivity contribution in [3.8, 4) is 0 Å².